The minimum absolute atomic E-state index is 0.214. The van der Waals surface area contributed by atoms with Crippen molar-refractivity contribution in [2.24, 2.45) is 0 Å². The Morgan fingerprint density at radius 2 is 1.85 bits per heavy atom. The van der Waals surface area contributed by atoms with Crippen LogP contribution in [0.5, 0.6) is 0 Å². The van der Waals surface area contributed by atoms with Gasteiger partial charge in [0.25, 0.3) is 0 Å². The summed E-state index contributed by atoms with van der Waals surface area (Å²) in [6.45, 7) is 12.0. The Hall–Kier alpha value is -3.63. The van der Waals surface area contributed by atoms with E-state index in [9.17, 15) is 0 Å². The molecule has 2 fully saturated rings. The highest BCUT2D eigenvalue weighted by Crippen LogP contribution is 2.30. The molecule has 3 N–H and O–H groups in total. The quantitative estimate of drug-likeness (QED) is 0.301. The lowest BCUT2D eigenvalue weighted by Crippen LogP contribution is -2.53. The fraction of sp³-hybridized carbons (Fsp3) is 0.448. The third-order valence-corrected chi connectivity index (χ3v) is 7.79. The number of nitrogens with one attached hydrogen (secondary N) is 3. The summed E-state index contributed by atoms with van der Waals surface area (Å²) in [5.41, 5.74) is 3.93. The van der Waals surface area contributed by atoms with Crippen LogP contribution in [0, 0.1) is 5.82 Å². The molecular formula is C29H36FN9. The zero-order valence-electron chi connectivity index (χ0n) is 22.8. The minimum Gasteiger partial charge on any atom is -0.365 e. The number of imidazole rings is 1. The van der Waals surface area contributed by atoms with Crippen molar-refractivity contribution < 1.29 is 4.39 Å². The predicted molar refractivity (Wildman–Crippen MR) is 152 cm³/mol. The van der Waals surface area contributed by atoms with E-state index in [-0.39, 0.29) is 23.1 Å². The Kier molecular flexibility index (Phi) is 6.90. The number of pyridine rings is 1. The van der Waals surface area contributed by atoms with Gasteiger partial charge in [0.1, 0.15) is 17.8 Å². The molecule has 4 heterocycles. The molecule has 0 amide bonds. The van der Waals surface area contributed by atoms with Gasteiger partial charge in [-0.2, -0.15) is 0 Å². The second kappa shape index (κ2) is 10.5. The number of rotatable bonds is 7. The topological polar surface area (TPSA) is 97.9 Å². The summed E-state index contributed by atoms with van der Waals surface area (Å²) in [4.78, 5) is 25.8. The number of fused-ring (bicyclic) bond motifs is 1. The predicted octanol–water partition coefficient (Wildman–Crippen LogP) is 5.18. The molecule has 0 radical (unpaired) electrons. The number of hydrogen-bond donors (Lipinski definition) is 3. The molecular weight excluding hydrogens is 493 g/mol. The summed E-state index contributed by atoms with van der Waals surface area (Å²) in [7, 11) is 0. The summed E-state index contributed by atoms with van der Waals surface area (Å²) in [6.07, 6.45) is 6.49. The molecule has 1 aliphatic heterocycles. The zero-order valence-corrected chi connectivity index (χ0v) is 22.8. The Balaban J connectivity index is 1.14. The second-order valence-electron chi connectivity index (χ2n) is 11.6. The molecule has 9 nitrogen and oxygen atoms in total. The molecule has 1 aromatic carbocycles. The van der Waals surface area contributed by atoms with Crippen LogP contribution in [-0.2, 0) is 6.54 Å². The highest BCUT2D eigenvalue weighted by molar-refractivity contribution is 5.83. The van der Waals surface area contributed by atoms with Gasteiger partial charge in [0, 0.05) is 56.1 Å². The van der Waals surface area contributed by atoms with E-state index in [2.05, 4.69) is 78.3 Å². The van der Waals surface area contributed by atoms with E-state index in [0.717, 1.165) is 62.4 Å². The third kappa shape index (κ3) is 5.72. The van der Waals surface area contributed by atoms with E-state index in [1.807, 2.05) is 24.4 Å². The molecule has 4 aromatic rings. The van der Waals surface area contributed by atoms with E-state index in [1.54, 1.807) is 0 Å². The minimum atomic E-state index is -0.428. The fourth-order valence-corrected chi connectivity index (χ4v) is 5.23. The highest BCUT2D eigenvalue weighted by atomic mass is 19.1. The number of nitrogens with zero attached hydrogens (tertiary/aromatic N) is 6. The Labute approximate surface area is 228 Å². The van der Waals surface area contributed by atoms with E-state index >= 15 is 4.39 Å². The van der Waals surface area contributed by atoms with Crippen LogP contribution in [0.1, 0.15) is 45.6 Å². The summed E-state index contributed by atoms with van der Waals surface area (Å²) in [5, 5.41) is 6.49. The first-order chi connectivity index (χ1) is 18.8. The molecule has 0 atom stereocenters. The second-order valence-corrected chi connectivity index (χ2v) is 11.6. The number of halogens is 1. The average Bonchev–Trinajstić information content (AvgIpc) is 3.28. The van der Waals surface area contributed by atoms with Gasteiger partial charge < -0.3 is 15.6 Å². The van der Waals surface area contributed by atoms with E-state index in [0.29, 0.717) is 11.5 Å². The van der Waals surface area contributed by atoms with Gasteiger partial charge in [-0.3, -0.25) is 9.80 Å². The van der Waals surface area contributed by atoms with E-state index in [4.69, 9.17) is 0 Å². The summed E-state index contributed by atoms with van der Waals surface area (Å²) < 4.78 is 15.2. The third-order valence-electron chi connectivity index (χ3n) is 7.79. The van der Waals surface area contributed by atoms with Crippen LogP contribution in [0.25, 0.3) is 22.3 Å². The van der Waals surface area contributed by atoms with Crippen molar-refractivity contribution >= 4 is 28.6 Å². The molecule has 0 bridgehead atoms. The molecule has 204 valence electrons. The van der Waals surface area contributed by atoms with Gasteiger partial charge in [-0.25, -0.2) is 24.3 Å². The van der Waals surface area contributed by atoms with Gasteiger partial charge in [-0.1, -0.05) is 6.07 Å². The van der Waals surface area contributed by atoms with Crippen LogP contribution in [0.3, 0.4) is 0 Å². The highest BCUT2D eigenvalue weighted by Gasteiger charge is 2.26. The zero-order chi connectivity index (χ0) is 27.0. The summed E-state index contributed by atoms with van der Waals surface area (Å²) >= 11 is 0. The van der Waals surface area contributed by atoms with Gasteiger partial charge in [0.15, 0.2) is 11.6 Å². The number of anilines is 3. The van der Waals surface area contributed by atoms with Crippen LogP contribution in [0.15, 0.2) is 42.9 Å². The van der Waals surface area contributed by atoms with Gasteiger partial charge in [-0.05, 0) is 69.9 Å². The van der Waals surface area contributed by atoms with Crippen LogP contribution >= 0.6 is 0 Å². The fourth-order valence-electron chi connectivity index (χ4n) is 5.23. The van der Waals surface area contributed by atoms with Crippen molar-refractivity contribution in [3.63, 3.8) is 0 Å². The Morgan fingerprint density at radius 3 is 2.59 bits per heavy atom. The van der Waals surface area contributed by atoms with Gasteiger partial charge in [-0.15, -0.1) is 0 Å². The van der Waals surface area contributed by atoms with Gasteiger partial charge in [0.2, 0.25) is 5.95 Å². The van der Waals surface area contributed by atoms with E-state index < -0.39 is 5.82 Å². The first kappa shape index (κ1) is 25.6. The maximum atomic E-state index is 15.2. The number of aromatic amines is 1. The van der Waals surface area contributed by atoms with Crippen LogP contribution in [0.2, 0.25) is 0 Å². The molecule has 3 aromatic heterocycles. The molecule has 10 heteroatoms. The molecule has 2 aliphatic rings. The van der Waals surface area contributed by atoms with Gasteiger partial charge >= 0.3 is 0 Å². The van der Waals surface area contributed by atoms with Crippen molar-refractivity contribution in [2.75, 3.05) is 36.8 Å². The summed E-state index contributed by atoms with van der Waals surface area (Å²) in [6, 6.07) is 10.0. The van der Waals surface area contributed by atoms with Crippen molar-refractivity contribution in [2.45, 2.75) is 58.2 Å². The van der Waals surface area contributed by atoms with E-state index in [1.165, 1.54) is 18.3 Å². The monoisotopic (exact) mass is 529 g/mol. The molecule has 1 saturated heterocycles. The van der Waals surface area contributed by atoms with Crippen LogP contribution in [0.4, 0.5) is 22.0 Å². The molecule has 1 aliphatic carbocycles. The number of piperazine rings is 1. The smallest absolute Gasteiger partial charge is 0.206 e. The molecule has 0 unspecified atom stereocenters. The lowest BCUT2D eigenvalue weighted by atomic mass is 9.93. The lowest BCUT2D eigenvalue weighted by Gasteiger charge is -2.42. The van der Waals surface area contributed by atoms with Crippen LogP contribution < -0.4 is 10.6 Å². The molecule has 0 spiro atoms. The Morgan fingerprint density at radius 1 is 1.03 bits per heavy atom. The largest absolute Gasteiger partial charge is 0.365 e. The number of H-pyrrole nitrogens is 1. The SMILES string of the molecule is CC(C)(C)N1CCN(Cc2ccnc(Nc3nc4ccc(-c5ncnc(NC6CCC6)c5F)cc4[nH]3)c2)CC1. The first-order valence-corrected chi connectivity index (χ1v) is 13.8. The normalized spacial score (nSPS) is 17.3. The van der Waals surface area contributed by atoms with Crippen molar-refractivity contribution in [3.05, 3.63) is 54.2 Å². The summed E-state index contributed by atoms with van der Waals surface area (Å²) in [5.74, 6) is 1.15. The number of benzene rings is 1. The molecule has 1 saturated carbocycles. The van der Waals surface area contributed by atoms with Crippen molar-refractivity contribution in [1.82, 2.24) is 34.7 Å². The maximum absolute atomic E-state index is 15.2. The standard InChI is InChI=1S/C29H36FN9/c1-29(2,3)39-13-11-38(12-14-39)17-19-9-10-31-24(15-19)37-28-35-22-8-7-20(16-23(22)36-28)26-25(30)27(33-18-32-26)34-21-5-4-6-21/h7-10,15-16,18,21H,4-6,11-14,17H2,1-3H3,(H,32,33,34)(H2,31,35,36,37). The van der Waals surface area contributed by atoms with Crippen LogP contribution in [-0.4, -0.2) is 72.5 Å². The Bertz CT molecular complexity index is 1450. The van der Waals surface area contributed by atoms with Gasteiger partial charge in [0.05, 0.1) is 11.0 Å². The lowest BCUT2D eigenvalue weighted by molar-refractivity contribution is 0.0591. The van der Waals surface area contributed by atoms with Crippen molar-refractivity contribution in [1.29, 1.82) is 0 Å². The average molecular weight is 530 g/mol. The maximum Gasteiger partial charge on any atom is 0.206 e. The molecule has 39 heavy (non-hydrogen) atoms. The molecule has 6 rings (SSSR count). The first-order valence-electron chi connectivity index (χ1n) is 13.8. The number of hydrogen-bond acceptors (Lipinski definition) is 8. The van der Waals surface area contributed by atoms with Crippen molar-refractivity contribution in [3.8, 4) is 11.3 Å². The number of aromatic nitrogens is 5.